The van der Waals surface area contributed by atoms with Gasteiger partial charge in [-0.2, -0.15) is 8.42 Å². The zero-order valence-electron chi connectivity index (χ0n) is 23.3. The summed E-state index contributed by atoms with van der Waals surface area (Å²) in [5, 5.41) is 0. The van der Waals surface area contributed by atoms with Crippen molar-refractivity contribution in [3.05, 3.63) is 72.3 Å². The van der Waals surface area contributed by atoms with Gasteiger partial charge in [0.05, 0.1) is 11.4 Å². The fourth-order valence-corrected chi connectivity index (χ4v) is 6.69. The van der Waals surface area contributed by atoms with Gasteiger partial charge in [-0.1, -0.05) is 71.1 Å². The second-order valence-electron chi connectivity index (χ2n) is 10.5. The molecule has 2 unspecified atom stereocenters. The van der Waals surface area contributed by atoms with Crippen LogP contribution < -0.4 is 9.64 Å². The van der Waals surface area contributed by atoms with Gasteiger partial charge in [0.1, 0.15) is 0 Å². The van der Waals surface area contributed by atoms with Crippen molar-refractivity contribution in [2.75, 3.05) is 4.90 Å². The summed E-state index contributed by atoms with van der Waals surface area (Å²) >= 11 is 0. The van der Waals surface area contributed by atoms with Crippen LogP contribution in [-0.4, -0.2) is 29.0 Å². The highest BCUT2D eigenvalue weighted by atomic mass is 32.2. The third kappa shape index (κ3) is 6.28. The zero-order valence-corrected chi connectivity index (χ0v) is 24.2. The van der Waals surface area contributed by atoms with Gasteiger partial charge in [-0.3, -0.25) is 4.55 Å². The van der Waals surface area contributed by atoms with Gasteiger partial charge < -0.3 is 9.64 Å². The average Bonchev–Trinajstić information content (AvgIpc) is 2.94. The van der Waals surface area contributed by atoms with Crippen molar-refractivity contribution in [3.8, 4) is 11.5 Å². The predicted molar refractivity (Wildman–Crippen MR) is 156 cm³/mol. The Balaban J connectivity index is 1.89. The molecule has 0 spiro atoms. The summed E-state index contributed by atoms with van der Waals surface area (Å²) < 4.78 is 42.3. The molecular formula is C31H41N3O4S. The maximum Gasteiger partial charge on any atom is 0.278 e. The number of benzene rings is 2. The molecule has 0 saturated heterocycles. The quantitative estimate of drug-likeness (QED) is 0.203. The second kappa shape index (κ2) is 12.9. The number of aryl methyl sites for hydroxylation is 1. The number of rotatable bonds is 14. The summed E-state index contributed by atoms with van der Waals surface area (Å²) in [7, 11) is -4.57. The van der Waals surface area contributed by atoms with Crippen molar-refractivity contribution in [1.29, 1.82) is 0 Å². The van der Waals surface area contributed by atoms with E-state index in [1.165, 1.54) is 5.56 Å². The molecule has 0 fully saturated rings. The van der Waals surface area contributed by atoms with Gasteiger partial charge in [0.25, 0.3) is 10.1 Å². The molecule has 2 heterocycles. The maximum absolute atomic E-state index is 13.3. The SMILES string of the molecule is CCCCc1ccc2c(c1)N(C(CCCC)CC(CCCC)(c1ncccn1)S(=O)(=O)O)c1ccccc1O2. The summed E-state index contributed by atoms with van der Waals surface area (Å²) in [4.78, 5) is 11.0. The molecule has 0 saturated carbocycles. The molecule has 0 amide bonds. The van der Waals surface area contributed by atoms with Gasteiger partial charge in [-0.05, 0) is 68.0 Å². The van der Waals surface area contributed by atoms with Gasteiger partial charge >= 0.3 is 0 Å². The number of anilines is 2. The minimum Gasteiger partial charge on any atom is -0.453 e. The van der Waals surface area contributed by atoms with Crippen LogP contribution in [0.5, 0.6) is 11.5 Å². The first-order valence-electron chi connectivity index (χ1n) is 14.3. The largest absolute Gasteiger partial charge is 0.453 e. The first kappa shape index (κ1) is 29.0. The molecule has 0 aliphatic carbocycles. The molecule has 2 aromatic carbocycles. The van der Waals surface area contributed by atoms with E-state index in [2.05, 4.69) is 40.8 Å². The monoisotopic (exact) mass is 551 g/mol. The third-order valence-corrected chi connectivity index (χ3v) is 9.21. The zero-order chi connectivity index (χ0) is 27.9. The highest BCUT2D eigenvalue weighted by Gasteiger charge is 2.49. The van der Waals surface area contributed by atoms with Crippen molar-refractivity contribution < 1.29 is 17.7 Å². The topological polar surface area (TPSA) is 92.6 Å². The lowest BCUT2D eigenvalue weighted by Gasteiger charge is -2.42. The van der Waals surface area contributed by atoms with Crippen LogP contribution in [0.25, 0.3) is 0 Å². The summed E-state index contributed by atoms with van der Waals surface area (Å²) in [5.41, 5.74) is 3.04. The molecule has 8 heteroatoms. The summed E-state index contributed by atoms with van der Waals surface area (Å²) in [6, 6.07) is 15.6. The lowest BCUT2D eigenvalue weighted by atomic mass is 9.88. The fourth-order valence-electron chi connectivity index (χ4n) is 5.55. The Morgan fingerprint density at radius 1 is 0.897 bits per heavy atom. The lowest BCUT2D eigenvalue weighted by molar-refractivity contribution is 0.344. The molecule has 0 radical (unpaired) electrons. The van der Waals surface area contributed by atoms with Crippen LogP contribution in [0.3, 0.4) is 0 Å². The minimum atomic E-state index is -4.57. The number of hydrogen-bond donors (Lipinski definition) is 1. The third-order valence-electron chi connectivity index (χ3n) is 7.67. The van der Waals surface area contributed by atoms with Crippen LogP contribution in [0.2, 0.25) is 0 Å². The van der Waals surface area contributed by atoms with E-state index in [4.69, 9.17) is 4.74 Å². The first-order valence-corrected chi connectivity index (χ1v) is 15.7. The van der Waals surface area contributed by atoms with Crippen LogP contribution in [0, 0.1) is 0 Å². The smallest absolute Gasteiger partial charge is 0.278 e. The summed E-state index contributed by atoms with van der Waals surface area (Å²) in [6.45, 7) is 6.33. The van der Waals surface area contributed by atoms with Crippen molar-refractivity contribution in [1.82, 2.24) is 9.97 Å². The summed E-state index contributed by atoms with van der Waals surface area (Å²) in [6.07, 6.45) is 10.7. The Morgan fingerprint density at radius 2 is 1.59 bits per heavy atom. The average molecular weight is 552 g/mol. The molecule has 1 aliphatic rings. The van der Waals surface area contributed by atoms with E-state index in [0.29, 0.717) is 6.42 Å². The highest BCUT2D eigenvalue weighted by molar-refractivity contribution is 7.86. The molecule has 39 heavy (non-hydrogen) atoms. The molecular weight excluding hydrogens is 510 g/mol. The van der Waals surface area contributed by atoms with E-state index in [-0.39, 0.29) is 24.7 Å². The number of aromatic nitrogens is 2. The Bertz CT molecular complexity index is 1330. The van der Waals surface area contributed by atoms with Gasteiger partial charge in [0.2, 0.25) is 0 Å². The normalized spacial score (nSPS) is 15.1. The number of nitrogens with zero attached hydrogens (tertiary/aromatic N) is 3. The van der Waals surface area contributed by atoms with Crippen molar-refractivity contribution >= 4 is 21.5 Å². The van der Waals surface area contributed by atoms with E-state index in [1.807, 2.05) is 37.3 Å². The van der Waals surface area contributed by atoms with Crippen LogP contribution in [0.1, 0.15) is 89.9 Å². The van der Waals surface area contributed by atoms with E-state index in [0.717, 1.165) is 67.8 Å². The minimum absolute atomic E-state index is 0.154. The van der Waals surface area contributed by atoms with E-state index in [9.17, 15) is 13.0 Å². The number of para-hydroxylation sites is 2. The van der Waals surface area contributed by atoms with Crippen molar-refractivity contribution in [3.63, 3.8) is 0 Å². The highest BCUT2D eigenvalue weighted by Crippen LogP contribution is 2.51. The van der Waals surface area contributed by atoms with Gasteiger partial charge in [-0.25, -0.2) is 9.97 Å². The van der Waals surface area contributed by atoms with E-state index < -0.39 is 14.9 Å². The van der Waals surface area contributed by atoms with Crippen molar-refractivity contribution in [2.45, 2.75) is 95.8 Å². The Kier molecular flexibility index (Phi) is 9.62. The van der Waals surface area contributed by atoms with Crippen LogP contribution in [0.15, 0.2) is 60.9 Å². The molecule has 2 atom stereocenters. The van der Waals surface area contributed by atoms with Gasteiger partial charge in [0, 0.05) is 18.4 Å². The molecule has 3 aromatic rings. The van der Waals surface area contributed by atoms with E-state index >= 15 is 0 Å². The van der Waals surface area contributed by atoms with Gasteiger partial charge in [-0.15, -0.1) is 0 Å². The van der Waals surface area contributed by atoms with Crippen LogP contribution in [0.4, 0.5) is 11.4 Å². The number of ether oxygens (including phenoxy) is 1. The van der Waals surface area contributed by atoms with E-state index in [1.54, 1.807) is 18.5 Å². The second-order valence-corrected chi connectivity index (χ2v) is 12.2. The maximum atomic E-state index is 13.3. The fraction of sp³-hybridized carbons (Fsp3) is 0.484. The first-order chi connectivity index (χ1) is 18.8. The number of fused-ring (bicyclic) bond motifs is 2. The molecule has 7 nitrogen and oxygen atoms in total. The van der Waals surface area contributed by atoms with Crippen LogP contribution in [-0.2, 0) is 21.3 Å². The van der Waals surface area contributed by atoms with Crippen LogP contribution >= 0.6 is 0 Å². The molecule has 4 rings (SSSR count). The molecule has 0 bridgehead atoms. The standard InChI is InChI=1S/C31H41N3O4S/c1-4-7-13-24-17-18-29-27(22-24)34(26-15-10-11-16-28(26)38-29)25(14-8-5-2)23-31(19-9-6-3,39(35,36)37)30-32-20-12-21-33-30/h10-12,15-18,20-22,25H,4-9,13-14,19,23H2,1-3H3,(H,35,36,37). The Labute approximate surface area is 233 Å². The van der Waals surface area contributed by atoms with Gasteiger partial charge in [0.15, 0.2) is 22.1 Å². The Hall–Kier alpha value is -2.97. The summed E-state index contributed by atoms with van der Waals surface area (Å²) in [5.74, 6) is 1.63. The number of hydrogen-bond acceptors (Lipinski definition) is 6. The predicted octanol–water partition coefficient (Wildman–Crippen LogP) is 7.99. The Morgan fingerprint density at radius 3 is 2.28 bits per heavy atom. The molecule has 1 N–H and O–H groups in total. The lowest BCUT2D eigenvalue weighted by Crippen LogP contribution is -2.45. The number of unbranched alkanes of at least 4 members (excludes halogenated alkanes) is 3. The van der Waals surface area contributed by atoms with Crippen molar-refractivity contribution in [2.24, 2.45) is 0 Å². The molecule has 210 valence electrons. The molecule has 1 aromatic heterocycles. The molecule has 1 aliphatic heterocycles.